The quantitative estimate of drug-likeness (QED) is 0.877. The molecule has 0 amide bonds. The van der Waals surface area contributed by atoms with E-state index >= 15 is 0 Å². The molecule has 0 aliphatic heterocycles. The molecule has 17 heavy (non-hydrogen) atoms. The topological polar surface area (TPSA) is 43.8 Å². The Morgan fingerprint density at radius 1 is 1.24 bits per heavy atom. The van der Waals surface area contributed by atoms with E-state index in [4.69, 9.17) is 5.73 Å². The maximum absolute atomic E-state index is 6.21. The highest BCUT2D eigenvalue weighted by Gasteiger charge is 2.09. The highest BCUT2D eigenvalue weighted by molar-refractivity contribution is 5.32. The van der Waals surface area contributed by atoms with Crippen LogP contribution in [0.5, 0.6) is 0 Å². The fraction of sp³-hybridized carbons (Fsp3) is 0.357. The lowest BCUT2D eigenvalue weighted by Crippen LogP contribution is -2.14. The van der Waals surface area contributed by atoms with E-state index in [9.17, 15) is 0 Å². The molecule has 0 saturated heterocycles. The summed E-state index contributed by atoms with van der Waals surface area (Å²) < 4.78 is 1.81. The molecule has 2 N–H and O–H groups in total. The molecule has 90 valence electrons. The van der Waals surface area contributed by atoms with Crippen molar-refractivity contribution in [1.82, 2.24) is 9.78 Å². The lowest BCUT2D eigenvalue weighted by atomic mass is 9.99. The molecule has 0 aliphatic rings. The smallest absolute Gasteiger partial charge is 0.0643 e. The van der Waals surface area contributed by atoms with Crippen molar-refractivity contribution in [2.45, 2.75) is 26.3 Å². The van der Waals surface area contributed by atoms with Gasteiger partial charge in [0.2, 0.25) is 0 Å². The summed E-state index contributed by atoms with van der Waals surface area (Å²) in [5, 5.41) is 4.35. The van der Waals surface area contributed by atoms with Gasteiger partial charge in [-0.15, -0.1) is 0 Å². The molecule has 2 aromatic rings. The van der Waals surface area contributed by atoms with Crippen molar-refractivity contribution in [3.05, 3.63) is 52.8 Å². The van der Waals surface area contributed by atoms with E-state index in [1.165, 1.54) is 16.7 Å². The van der Waals surface area contributed by atoms with Crippen molar-refractivity contribution in [3.8, 4) is 0 Å². The van der Waals surface area contributed by atoms with Gasteiger partial charge in [0.1, 0.15) is 0 Å². The number of benzene rings is 1. The molecule has 1 aromatic heterocycles. The average Bonchev–Trinajstić information content (AvgIpc) is 2.68. The third-order valence-electron chi connectivity index (χ3n) is 3.16. The normalized spacial score (nSPS) is 12.7. The van der Waals surface area contributed by atoms with Gasteiger partial charge in [-0.2, -0.15) is 5.10 Å². The SMILES string of the molecule is Cc1ccc(C(N)Cc2ccn(C)n2)cc1C. The van der Waals surface area contributed by atoms with Crippen LogP contribution >= 0.6 is 0 Å². The molecule has 1 unspecified atom stereocenters. The lowest BCUT2D eigenvalue weighted by molar-refractivity contribution is 0.675. The second kappa shape index (κ2) is 4.72. The first-order valence-corrected chi connectivity index (χ1v) is 5.87. The number of hydrogen-bond acceptors (Lipinski definition) is 2. The number of nitrogens with zero attached hydrogens (tertiary/aromatic N) is 2. The van der Waals surface area contributed by atoms with Crippen LogP contribution in [0.2, 0.25) is 0 Å². The van der Waals surface area contributed by atoms with Gasteiger partial charge in [0, 0.05) is 25.7 Å². The summed E-state index contributed by atoms with van der Waals surface area (Å²) in [7, 11) is 1.92. The van der Waals surface area contributed by atoms with Crippen molar-refractivity contribution >= 4 is 0 Å². The summed E-state index contributed by atoms with van der Waals surface area (Å²) in [5.74, 6) is 0. The molecule has 0 bridgehead atoms. The van der Waals surface area contributed by atoms with E-state index < -0.39 is 0 Å². The summed E-state index contributed by atoms with van der Waals surface area (Å²) in [6.07, 6.45) is 2.73. The minimum atomic E-state index is 0.0178. The minimum absolute atomic E-state index is 0.0178. The van der Waals surface area contributed by atoms with Gasteiger partial charge >= 0.3 is 0 Å². The fourth-order valence-corrected chi connectivity index (χ4v) is 1.91. The standard InChI is InChI=1S/C14H19N3/c1-10-4-5-12(8-11(10)2)14(15)9-13-6-7-17(3)16-13/h4-8,14H,9,15H2,1-3H3. The first-order valence-electron chi connectivity index (χ1n) is 5.87. The fourth-order valence-electron chi connectivity index (χ4n) is 1.91. The Morgan fingerprint density at radius 3 is 2.59 bits per heavy atom. The van der Waals surface area contributed by atoms with E-state index in [0.29, 0.717) is 0 Å². The number of aryl methyl sites for hydroxylation is 3. The maximum atomic E-state index is 6.21. The molecule has 2 rings (SSSR count). The molecule has 0 aliphatic carbocycles. The molecule has 1 aromatic carbocycles. The Bertz CT molecular complexity index is 514. The predicted octanol–water partition coefficient (Wildman–Crippen LogP) is 2.28. The van der Waals surface area contributed by atoms with Gasteiger partial charge in [-0.1, -0.05) is 18.2 Å². The van der Waals surface area contributed by atoms with Gasteiger partial charge in [-0.3, -0.25) is 4.68 Å². The van der Waals surface area contributed by atoms with Gasteiger partial charge < -0.3 is 5.73 Å². The van der Waals surface area contributed by atoms with Gasteiger partial charge in [0.15, 0.2) is 0 Å². The first kappa shape index (κ1) is 11.9. The van der Waals surface area contributed by atoms with E-state index in [-0.39, 0.29) is 6.04 Å². The minimum Gasteiger partial charge on any atom is -0.324 e. The Kier molecular flexibility index (Phi) is 3.29. The van der Waals surface area contributed by atoms with Gasteiger partial charge in [0.25, 0.3) is 0 Å². The van der Waals surface area contributed by atoms with Crippen LogP contribution in [0.4, 0.5) is 0 Å². The molecule has 1 atom stereocenters. The zero-order valence-electron chi connectivity index (χ0n) is 10.6. The highest BCUT2D eigenvalue weighted by atomic mass is 15.2. The molecule has 0 saturated carbocycles. The van der Waals surface area contributed by atoms with Crippen molar-refractivity contribution in [3.63, 3.8) is 0 Å². The second-order valence-electron chi connectivity index (χ2n) is 4.64. The van der Waals surface area contributed by atoms with Crippen molar-refractivity contribution in [2.75, 3.05) is 0 Å². The van der Waals surface area contributed by atoms with E-state index in [2.05, 4.69) is 37.1 Å². The summed E-state index contributed by atoms with van der Waals surface area (Å²) >= 11 is 0. The number of aromatic nitrogens is 2. The Balaban J connectivity index is 2.14. The van der Waals surface area contributed by atoms with E-state index in [1.54, 1.807) is 0 Å². The number of hydrogen-bond donors (Lipinski definition) is 1. The van der Waals surface area contributed by atoms with Gasteiger partial charge in [-0.05, 0) is 36.6 Å². The van der Waals surface area contributed by atoms with Crippen LogP contribution in [0, 0.1) is 13.8 Å². The average molecular weight is 229 g/mol. The van der Waals surface area contributed by atoms with Crippen LogP contribution in [0.25, 0.3) is 0 Å². The highest BCUT2D eigenvalue weighted by Crippen LogP contribution is 2.18. The molecule has 3 heteroatoms. The van der Waals surface area contributed by atoms with Crippen molar-refractivity contribution in [1.29, 1.82) is 0 Å². The van der Waals surface area contributed by atoms with Crippen molar-refractivity contribution < 1.29 is 0 Å². The van der Waals surface area contributed by atoms with Crippen LogP contribution in [-0.4, -0.2) is 9.78 Å². The van der Waals surface area contributed by atoms with Crippen molar-refractivity contribution in [2.24, 2.45) is 12.8 Å². The molecular weight excluding hydrogens is 210 g/mol. The zero-order chi connectivity index (χ0) is 12.4. The van der Waals surface area contributed by atoms with Crippen LogP contribution in [0.1, 0.15) is 28.4 Å². The molecule has 3 nitrogen and oxygen atoms in total. The maximum Gasteiger partial charge on any atom is 0.0643 e. The Hall–Kier alpha value is -1.61. The van der Waals surface area contributed by atoms with Crippen LogP contribution in [-0.2, 0) is 13.5 Å². The Morgan fingerprint density at radius 2 is 2.00 bits per heavy atom. The number of nitrogens with two attached hydrogens (primary N) is 1. The van der Waals surface area contributed by atoms with Crippen LogP contribution in [0.15, 0.2) is 30.5 Å². The van der Waals surface area contributed by atoms with Crippen LogP contribution < -0.4 is 5.73 Å². The Labute approximate surface area is 102 Å². The molecule has 0 fully saturated rings. The molecule has 1 heterocycles. The molecule has 0 spiro atoms. The lowest BCUT2D eigenvalue weighted by Gasteiger charge is -2.12. The van der Waals surface area contributed by atoms with E-state index in [1.807, 2.05) is 24.0 Å². The summed E-state index contributed by atoms with van der Waals surface area (Å²) in [5.41, 5.74) is 11.0. The first-order chi connectivity index (χ1) is 8.06. The second-order valence-corrected chi connectivity index (χ2v) is 4.64. The predicted molar refractivity (Wildman–Crippen MR) is 69.8 cm³/mol. The molecule has 0 radical (unpaired) electrons. The summed E-state index contributed by atoms with van der Waals surface area (Å²) in [6.45, 7) is 4.23. The molecular formula is C14H19N3. The largest absolute Gasteiger partial charge is 0.324 e. The summed E-state index contributed by atoms with van der Waals surface area (Å²) in [6, 6.07) is 8.44. The third-order valence-corrected chi connectivity index (χ3v) is 3.16. The third kappa shape index (κ3) is 2.74. The van der Waals surface area contributed by atoms with Gasteiger partial charge in [-0.25, -0.2) is 0 Å². The zero-order valence-corrected chi connectivity index (χ0v) is 10.6. The monoisotopic (exact) mass is 229 g/mol. The summed E-state index contributed by atoms with van der Waals surface area (Å²) in [4.78, 5) is 0. The van der Waals surface area contributed by atoms with Gasteiger partial charge in [0.05, 0.1) is 5.69 Å². The van der Waals surface area contributed by atoms with Crippen LogP contribution in [0.3, 0.4) is 0 Å². The van der Waals surface area contributed by atoms with E-state index in [0.717, 1.165) is 12.1 Å². The number of rotatable bonds is 3.